The van der Waals surface area contributed by atoms with Gasteiger partial charge in [0.05, 0.1) is 37.6 Å². The molecule has 2 saturated heterocycles. The highest BCUT2D eigenvalue weighted by Crippen LogP contribution is 2.53. The van der Waals surface area contributed by atoms with Crippen molar-refractivity contribution in [1.82, 2.24) is 15.2 Å². The normalized spacial score (nSPS) is 27.4. The molecule has 3 aliphatic heterocycles. The molecular formula is C28H29N3O4. The van der Waals surface area contributed by atoms with E-state index in [0.717, 1.165) is 22.4 Å². The van der Waals surface area contributed by atoms with E-state index in [1.54, 1.807) is 7.11 Å². The van der Waals surface area contributed by atoms with Crippen LogP contribution in [0.3, 0.4) is 0 Å². The van der Waals surface area contributed by atoms with Gasteiger partial charge in [-0.25, -0.2) is 0 Å². The predicted octanol–water partition coefficient (Wildman–Crippen LogP) is 3.38. The van der Waals surface area contributed by atoms with E-state index >= 15 is 0 Å². The lowest BCUT2D eigenvalue weighted by atomic mass is 9.77. The number of aromatic amines is 1. The maximum Gasteiger partial charge on any atom is 0.230 e. The molecule has 0 unspecified atom stereocenters. The Hall–Kier alpha value is -3.58. The Labute approximate surface area is 204 Å². The molecule has 3 aromatic rings. The third kappa shape index (κ3) is 3.45. The number of aromatic nitrogens is 1. The van der Waals surface area contributed by atoms with Gasteiger partial charge in [-0.3, -0.25) is 9.59 Å². The van der Waals surface area contributed by atoms with Crippen LogP contribution < -0.4 is 10.1 Å². The zero-order chi connectivity index (χ0) is 24.2. The van der Waals surface area contributed by atoms with Crippen LogP contribution in [-0.2, 0) is 20.7 Å². The topological polar surface area (TPSA) is 83.7 Å². The number of methoxy groups -OCH3 is 1. The highest BCUT2D eigenvalue weighted by molar-refractivity contribution is 5.93. The van der Waals surface area contributed by atoms with Crippen LogP contribution in [0.2, 0.25) is 0 Å². The Morgan fingerprint density at radius 2 is 2.06 bits per heavy atom. The van der Waals surface area contributed by atoms with Crippen molar-refractivity contribution >= 4 is 22.7 Å². The number of likely N-dealkylation sites (tertiary alicyclic amines) is 1. The molecule has 4 heterocycles. The number of ether oxygens (including phenoxy) is 2. The van der Waals surface area contributed by atoms with Gasteiger partial charge in [0.1, 0.15) is 11.4 Å². The lowest BCUT2D eigenvalue weighted by Gasteiger charge is -2.28. The largest absolute Gasteiger partial charge is 0.497 e. The number of benzene rings is 2. The summed E-state index contributed by atoms with van der Waals surface area (Å²) in [5.41, 5.74) is 2.55. The summed E-state index contributed by atoms with van der Waals surface area (Å²) < 4.78 is 11.5. The van der Waals surface area contributed by atoms with Gasteiger partial charge < -0.3 is 24.7 Å². The van der Waals surface area contributed by atoms with Crippen molar-refractivity contribution < 1.29 is 19.1 Å². The average molecular weight is 472 g/mol. The van der Waals surface area contributed by atoms with Gasteiger partial charge in [0.15, 0.2) is 0 Å². The van der Waals surface area contributed by atoms with E-state index in [2.05, 4.69) is 16.4 Å². The minimum atomic E-state index is -0.721. The van der Waals surface area contributed by atoms with Crippen molar-refractivity contribution in [1.29, 1.82) is 0 Å². The second kappa shape index (κ2) is 8.27. The van der Waals surface area contributed by atoms with Crippen molar-refractivity contribution in [2.45, 2.75) is 31.1 Å². The summed E-state index contributed by atoms with van der Waals surface area (Å²) >= 11 is 0. The highest BCUT2D eigenvalue weighted by atomic mass is 16.5. The number of nitrogens with zero attached hydrogens (tertiary/aromatic N) is 1. The number of carbonyl (C=O) groups is 2. The third-order valence-electron chi connectivity index (χ3n) is 7.87. The van der Waals surface area contributed by atoms with Crippen molar-refractivity contribution in [2.24, 2.45) is 11.8 Å². The van der Waals surface area contributed by atoms with Crippen LogP contribution in [0.15, 0.2) is 66.9 Å². The van der Waals surface area contributed by atoms with Crippen molar-refractivity contribution in [3.8, 4) is 5.75 Å². The fourth-order valence-electron chi connectivity index (χ4n) is 5.99. The van der Waals surface area contributed by atoms with E-state index in [4.69, 9.17) is 9.47 Å². The molecule has 180 valence electrons. The molecule has 2 fully saturated rings. The van der Waals surface area contributed by atoms with Crippen LogP contribution in [0, 0.1) is 11.8 Å². The summed E-state index contributed by atoms with van der Waals surface area (Å²) in [7, 11) is 1.63. The summed E-state index contributed by atoms with van der Waals surface area (Å²) in [6, 6.07) is 15.8. The fourth-order valence-corrected chi connectivity index (χ4v) is 5.99. The van der Waals surface area contributed by atoms with Crippen molar-refractivity contribution in [3.05, 3.63) is 78.0 Å². The molecule has 35 heavy (non-hydrogen) atoms. The lowest BCUT2D eigenvalue weighted by Crippen LogP contribution is -2.44. The molecule has 7 nitrogen and oxygen atoms in total. The Bertz CT molecular complexity index is 1310. The van der Waals surface area contributed by atoms with Gasteiger partial charge in [-0.05, 0) is 42.7 Å². The molecule has 2 N–H and O–H groups in total. The predicted molar refractivity (Wildman–Crippen MR) is 132 cm³/mol. The minimum absolute atomic E-state index is 0.0167. The number of amides is 2. The summed E-state index contributed by atoms with van der Waals surface area (Å²) in [5, 5.41) is 4.25. The Balaban J connectivity index is 1.16. The molecule has 6 rings (SSSR count). The molecule has 2 bridgehead atoms. The molecule has 1 spiro atoms. The summed E-state index contributed by atoms with van der Waals surface area (Å²) in [4.78, 5) is 32.1. The number of para-hydroxylation sites is 1. The summed E-state index contributed by atoms with van der Waals surface area (Å²) in [6.07, 6.45) is 6.31. The lowest BCUT2D eigenvalue weighted by molar-refractivity contribution is -0.138. The van der Waals surface area contributed by atoms with Gasteiger partial charge in [0.2, 0.25) is 11.8 Å². The Kier molecular flexibility index (Phi) is 5.18. The van der Waals surface area contributed by atoms with Gasteiger partial charge >= 0.3 is 0 Å². The van der Waals surface area contributed by atoms with E-state index in [1.807, 2.05) is 72.6 Å². The first-order chi connectivity index (χ1) is 17.0. The first kappa shape index (κ1) is 21.9. The zero-order valence-corrected chi connectivity index (χ0v) is 19.9. The average Bonchev–Trinajstić information content (AvgIpc) is 3.63. The number of H-pyrrole nitrogens is 1. The minimum Gasteiger partial charge on any atom is -0.497 e. The molecule has 0 aliphatic carbocycles. The smallest absolute Gasteiger partial charge is 0.230 e. The van der Waals surface area contributed by atoms with Crippen LogP contribution in [0.25, 0.3) is 10.9 Å². The van der Waals surface area contributed by atoms with E-state index in [0.29, 0.717) is 19.5 Å². The molecule has 0 saturated carbocycles. The van der Waals surface area contributed by atoms with Crippen LogP contribution in [0.5, 0.6) is 5.75 Å². The van der Waals surface area contributed by atoms with Gasteiger partial charge in [0.25, 0.3) is 0 Å². The number of nitrogens with one attached hydrogen (secondary N) is 2. The number of carbonyl (C=O) groups excluding carboxylic acids is 2. The van der Waals surface area contributed by atoms with Crippen molar-refractivity contribution in [3.63, 3.8) is 0 Å². The van der Waals surface area contributed by atoms with Gasteiger partial charge in [-0.15, -0.1) is 0 Å². The second-order valence-corrected chi connectivity index (χ2v) is 9.72. The van der Waals surface area contributed by atoms with E-state index < -0.39 is 17.4 Å². The first-order valence-electron chi connectivity index (χ1n) is 12.1. The molecular weight excluding hydrogens is 442 g/mol. The van der Waals surface area contributed by atoms with Crippen LogP contribution in [-0.4, -0.2) is 53.6 Å². The SMILES string of the molecule is COc1ccc([C@H](C)N2C[C@@]34C=C[C@H](O3)[C@H](C(=O)NCCc3c[nH]c5ccccc35)[C@@H]4C2=O)cc1. The number of rotatable bonds is 7. The maximum atomic E-state index is 13.6. The van der Waals surface area contributed by atoms with E-state index in [9.17, 15) is 9.59 Å². The van der Waals surface area contributed by atoms with Gasteiger partial charge in [0, 0.05) is 23.6 Å². The number of hydrogen-bond acceptors (Lipinski definition) is 4. The molecule has 0 radical (unpaired) electrons. The first-order valence-corrected chi connectivity index (χ1v) is 12.1. The molecule has 5 atom stereocenters. The van der Waals surface area contributed by atoms with Crippen LogP contribution >= 0.6 is 0 Å². The fraction of sp³-hybridized carbons (Fsp3) is 0.357. The third-order valence-corrected chi connectivity index (χ3v) is 7.87. The molecule has 7 heteroatoms. The standard InChI is InChI=1S/C28H29N3O4/c1-17(18-7-9-20(34-2)10-8-18)31-16-28-13-11-23(35-28)24(25(28)27(31)33)26(32)29-14-12-19-15-30-22-6-4-3-5-21(19)22/h3-11,13,15,17,23-25,30H,12,14,16H2,1-2H3,(H,29,32)/t17-,23-,24-,25+,28+/m0/s1. The molecule has 2 aromatic carbocycles. The van der Waals surface area contributed by atoms with E-state index in [1.165, 1.54) is 5.39 Å². The maximum absolute atomic E-state index is 13.6. The highest BCUT2D eigenvalue weighted by Gasteiger charge is 2.67. The summed E-state index contributed by atoms with van der Waals surface area (Å²) in [5.74, 6) is -0.358. The summed E-state index contributed by atoms with van der Waals surface area (Å²) in [6.45, 7) is 2.98. The van der Waals surface area contributed by atoms with Gasteiger partial charge in [-0.2, -0.15) is 0 Å². The van der Waals surface area contributed by atoms with Crippen LogP contribution in [0.4, 0.5) is 0 Å². The van der Waals surface area contributed by atoms with Crippen molar-refractivity contribution in [2.75, 3.05) is 20.2 Å². The number of fused-ring (bicyclic) bond motifs is 2. The zero-order valence-electron chi connectivity index (χ0n) is 19.9. The Morgan fingerprint density at radius 1 is 1.26 bits per heavy atom. The van der Waals surface area contributed by atoms with Crippen LogP contribution in [0.1, 0.15) is 24.1 Å². The number of hydrogen-bond donors (Lipinski definition) is 2. The molecule has 3 aliphatic rings. The molecule has 2 amide bonds. The quantitative estimate of drug-likeness (QED) is 0.518. The Morgan fingerprint density at radius 3 is 2.86 bits per heavy atom. The second-order valence-electron chi connectivity index (χ2n) is 9.72. The molecule has 1 aromatic heterocycles. The monoisotopic (exact) mass is 471 g/mol. The van der Waals surface area contributed by atoms with E-state index in [-0.39, 0.29) is 24.0 Å². The van der Waals surface area contributed by atoms with Gasteiger partial charge in [-0.1, -0.05) is 42.5 Å².